The van der Waals surface area contributed by atoms with Gasteiger partial charge in [0.2, 0.25) is 0 Å². The number of carbonyl (C=O) groups excluding carboxylic acids is 1. The maximum Gasteiger partial charge on any atom is 0.257 e. The molecule has 0 radical (unpaired) electrons. The first-order valence-corrected chi connectivity index (χ1v) is 7.29. The third-order valence-electron chi connectivity index (χ3n) is 3.13. The van der Waals surface area contributed by atoms with E-state index in [1.807, 2.05) is 13.8 Å². The fourth-order valence-corrected chi connectivity index (χ4v) is 2.35. The van der Waals surface area contributed by atoms with E-state index < -0.39 is 0 Å². The number of rotatable bonds is 7. The van der Waals surface area contributed by atoms with Crippen molar-refractivity contribution in [3.63, 3.8) is 0 Å². The predicted octanol–water partition coefficient (Wildman–Crippen LogP) is 3.06. The summed E-state index contributed by atoms with van der Waals surface area (Å²) in [6.45, 7) is 5.05. The fraction of sp³-hybridized carbons (Fsp3) is 0.615. The van der Waals surface area contributed by atoms with Crippen LogP contribution in [-0.2, 0) is 4.74 Å². The van der Waals surface area contributed by atoms with E-state index in [0.29, 0.717) is 13.2 Å². The van der Waals surface area contributed by atoms with Crippen molar-refractivity contribution >= 4 is 29.1 Å². The Labute approximate surface area is 129 Å². The van der Waals surface area contributed by atoms with E-state index in [1.165, 1.54) is 6.07 Å². The zero-order valence-electron chi connectivity index (χ0n) is 11.9. The molecule has 0 bridgehead atoms. The minimum Gasteiger partial charge on any atom is -0.383 e. The Balaban J connectivity index is 3.05. The monoisotopic (exact) mass is 319 g/mol. The van der Waals surface area contributed by atoms with Crippen LogP contribution in [-0.4, -0.2) is 47.3 Å². The van der Waals surface area contributed by atoms with E-state index in [4.69, 9.17) is 27.9 Å². The molecule has 1 heterocycles. The van der Waals surface area contributed by atoms with E-state index in [9.17, 15) is 4.79 Å². The first-order valence-electron chi connectivity index (χ1n) is 6.53. The normalized spacial score (nSPS) is 10.9. The van der Waals surface area contributed by atoms with Crippen molar-refractivity contribution in [3.8, 4) is 0 Å². The lowest BCUT2D eigenvalue weighted by Gasteiger charge is -2.30. The van der Waals surface area contributed by atoms with Gasteiger partial charge in [-0.15, -0.1) is 10.2 Å². The quantitative estimate of drug-likeness (QED) is 0.775. The second-order valence-electron chi connectivity index (χ2n) is 4.33. The van der Waals surface area contributed by atoms with Gasteiger partial charge in [-0.1, -0.05) is 37.0 Å². The second-order valence-corrected chi connectivity index (χ2v) is 5.08. The molecule has 1 amide bonds. The number of hydrogen-bond acceptors (Lipinski definition) is 4. The van der Waals surface area contributed by atoms with Crippen molar-refractivity contribution in [1.82, 2.24) is 15.1 Å². The number of nitrogens with zero attached hydrogens (tertiary/aromatic N) is 3. The highest BCUT2D eigenvalue weighted by Gasteiger charge is 2.25. The summed E-state index contributed by atoms with van der Waals surface area (Å²) in [5, 5.41) is 7.50. The van der Waals surface area contributed by atoms with Crippen LogP contribution in [0.15, 0.2) is 6.07 Å². The van der Waals surface area contributed by atoms with E-state index in [-0.39, 0.29) is 27.8 Å². The molecule has 5 nitrogen and oxygen atoms in total. The minimum atomic E-state index is -0.197. The zero-order chi connectivity index (χ0) is 15.1. The van der Waals surface area contributed by atoms with Gasteiger partial charge in [0.15, 0.2) is 10.3 Å². The molecule has 0 atom stereocenters. The van der Waals surface area contributed by atoms with Crippen molar-refractivity contribution in [2.75, 3.05) is 20.3 Å². The summed E-state index contributed by atoms with van der Waals surface area (Å²) in [5.74, 6) is -0.197. The van der Waals surface area contributed by atoms with Crippen LogP contribution in [0.25, 0.3) is 0 Å². The van der Waals surface area contributed by atoms with Crippen molar-refractivity contribution in [2.24, 2.45) is 0 Å². The summed E-state index contributed by atoms with van der Waals surface area (Å²) in [6, 6.07) is 1.57. The van der Waals surface area contributed by atoms with Gasteiger partial charge in [-0.3, -0.25) is 4.79 Å². The molecule has 0 aliphatic carbocycles. The number of halogens is 2. The van der Waals surface area contributed by atoms with Gasteiger partial charge in [0.1, 0.15) is 0 Å². The van der Waals surface area contributed by atoms with Gasteiger partial charge in [0.25, 0.3) is 5.91 Å². The van der Waals surface area contributed by atoms with E-state index in [1.54, 1.807) is 12.0 Å². The summed E-state index contributed by atoms with van der Waals surface area (Å²) >= 11 is 11.7. The summed E-state index contributed by atoms with van der Waals surface area (Å²) in [6.07, 6.45) is 1.71. The Hall–Kier alpha value is -0.910. The third kappa shape index (κ3) is 4.30. The van der Waals surface area contributed by atoms with Crippen molar-refractivity contribution < 1.29 is 9.53 Å². The molecule has 0 aliphatic rings. The highest BCUT2D eigenvalue weighted by molar-refractivity contribution is 6.34. The average molecular weight is 320 g/mol. The standard InChI is InChI=1S/C13H19Cl2N3O2/c1-4-9(5-2)18(6-7-20-3)13(19)10-8-11(14)16-17-12(10)15/h8-9H,4-7H2,1-3H3. The number of amides is 1. The molecule has 0 spiro atoms. The molecule has 0 N–H and O–H groups in total. The van der Waals surface area contributed by atoms with Crippen molar-refractivity contribution in [3.05, 3.63) is 21.9 Å². The summed E-state index contributed by atoms with van der Waals surface area (Å²) < 4.78 is 5.07. The molecule has 112 valence electrons. The van der Waals surface area contributed by atoms with Gasteiger partial charge in [-0.2, -0.15) is 0 Å². The molecule has 0 saturated heterocycles. The first kappa shape index (κ1) is 17.1. The first-order chi connectivity index (χ1) is 9.54. The SMILES string of the molecule is CCC(CC)N(CCOC)C(=O)c1cc(Cl)nnc1Cl. The number of carbonyl (C=O) groups is 1. The van der Waals surface area contributed by atoms with Gasteiger partial charge in [-0.05, 0) is 18.9 Å². The Morgan fingerprint density at radius 2 is 2.00 bits per heavy atom. The molecule has 20 heavy (non-hydrogen) atoms. The number of hydrogen-bond donors (Lipinski definition) is 0. The smallest absolute Gasteiger partial charge is 0.257 e. The fourth-order valence-electron chi connectivity index (χ4n) is 2.03. The molecular formula is C13H19Cl2N3O2. The zero-order valence-corrected chi connectivity index (χ0v) is 13.4. The van der Waals surface area contributed by atoms with Crippen molar-refractivity contribution in [2.45, 2.75) is 32.7 Å². The summed E-state index contributed by atoms with van der Waals surface area (Å²) in [7, 11) is 1.60. The summed E-state index contributed by atoms with van der Waals surface area (Å²) in [4.78, 5) is 14.4. The lowest BCUT2D eigenvalue weighted by atomic mass is 10.1. The Kier molecular flexibility index (Phi) is 7.19. The molecule has 0 fully saturated rings. The van der Waals surface area contributed by atoms with Crippen LogP contribution in [0.5, 0.6) is 0 Å². The minimum absolute atomic E-state index is 0.0628. The maximum atomic E-state index is 12.6. The predicted molar refractivity (Wildman–Crippen MR) is 79.3 cm³/mol. The largest absolute Gasteiger partial charge is 0.383 e. The van der Waals surface area contributed by atoms with Crippen LogP contribution < -0.4 is 0 Å². The van der Waals surface area contributed by atoms with Crippen LogP contribution in [0, 0.1) is 0 Å². The molecule has 7 heteroatoms. The average Bonchev–Trinajstić information content (AvgIpc) is 2.45. The van der Waals surface area contributed by atoms with Gasteiger partial charge < -0.3 is 9.64 Å². The van der Waals surface area contributed by atoms with E-state index >= 15 is 0 Å². The lowest BCUT2D eigenvalue weighted by Crippen LogP contribution is -2.42. The topological polar surface area (TPSA) is 55.3 Å². The molecule has 1 aromatic heterocycles. The highest BCUT2D eigenvalue weighted by atomic mass is 35.5. The van der Waals surface area contributed by atoms with Gasteiger partial charge in [0.05, 0.1) is 12.2 Å². The Morgan fingerprint density at radius 3 is 2.55 bits per heavy atom. The number of ether oxygens (including phenoxy) is 1. The third-order valence-corrected chi connectivity index (χ3v) is 3.59. The second kappa shape index (κ2) is 8.39. The van der Waals surface area contributed by atoms with Crippen molar-refractivity contribution in [1.29, 1.82) is 0 Å². The van der Waals surface area contributed by atoms with Gasteiger partial charge in [0, 0.05) is 19.7 Å². The molecule has 0 unspecified atom stereocenters. The van der Waals surface area contributed by atoms with Crippen LogP contribution in [0.4, 0.5) is 0 Å². The molecule has 1 rings (SSSR count). The van der Waals surface area contributed by atoms with Gasteiger partial charge in [-0.25, -0.2) is 0 Å². The molecule has 0 aromatic carbocycles. The maximum absolute atomic E-state index is 12.6. The molecule has 0 aliphatic heterocycles. The van der Waals surface area contributed by atoms with Crippen LogP contribution in [0.1, 0.15) is 37.0 Å². The van der Waals surface area contributed by atoms with E-state index in [0.717, 1.165) is 12.8 Å². The van der Waals surface area contributed by atoms with E-state index in [2.05, 4.69) is 10.2 Å². The Bertz CT molecular complexity index is 453. The van der Waals surface area contributed by atoms with Crippen LogP contribution >= 0.6 is 23.2 Å². The number of methoxy groups -OCH3 is 1. The molecule has 0 saturated carbocycles. The highest BCUT2D eigenvalue weighted by Crippen LogP contribution is 2.20. The van der Waals surface area contributed by atoms with Crippen LogP contribution in [0.2, 0.25) is 10.3 Å². The van der Waals surface area contributed by atoms with Gasteiger partial charge >= 0.3 is 0 Å². The number of aromatic nitrogens is 2. The van der Waals surface area contributed by atoms with Crippen LogP contribution in [0.3, 0.4) is 0 Å². The molecular weight excluding hydrogens is 301 g/mol. The summed E-state index contributed by atoms with van der Waals surface area (Å²) in [5.41, 5.74) is 0.273. The molecule has 1 aromatic rings. The Morgan fingerprint density at radius 1 is 1.35 bits per heavy atom. The lowest BCUT2D eigenvalue weighted by molar-refractivity contribution is 0.0589.